The lowest BCUT2D eigenvalue weighted by Gasteiger charge is -2.24. The number of aliphatic hydroxyl groups is 2. The van der Waals surface area contributed by atoms with Gasteiger partial charge in [-0.05, 0) is 51.4 Å². The molecule has 3 atom stereocenters. The van der Waals surface area contributed by atoms with Crippen LogP contribution in [0.5, 0.6) is 0 Å². The van der Waals surface area contributed by atoms with E-state index in [0.717, 1.165) is 64.2 Å². The van der Waals surface area contributed by atoms with Crippen LogP contribution in [-0.4, -0.2) is 46.9 Å². The van der Waals surface area contributed by atoms with Gasteiger partial charge in [0.25, 0.3) is 0 Å². The Kier molecular flexibility index (Phi) is 48.5. The van der Waals surface area contributed by atoms with Crippen molar-refractivity contribution in [2.24, 2.45) is 0 Å². The zero-order valence-electron chi connectivity index (χ0n) is 41.5. The van der Waals surface area contributed by atoms with E-state index in [1.54, 1.807) is 0 Å². The topological polar surface area (TPSA) is 95.9 Å². The Morgan fingerprint density at radius 2 is 0.823 bits per heavy atom. The fraction of sp³-hybridized carbons (Fsp3) is 0.857. The highest BCUT2D eigenvalue weighted by molar-refractivity contribution is 5.77. The van der Waals surface area contributed by atoms with Crippen LogP contribution in [0.3, 0.4) is 0 Å². The molecule has 0 aliphatic rings. The SMILES string of the molecule is CCCCCCC/C=C/C=C/C=C/CCCCCCCC(=O)OC(CCCCCCCCCCCCCC)CC(=O)NC(CO)C(O)CCCCCCCCCCCCCCC. The van der Waals surface area contributed by atoms with Crippen LogP contribution in [0.2, 0.25) is 0 Å². The first-order valence-corrected chi connectivity index (χ1v) is 27.2. The molecule has 0 radical (unpaired) electrons. The van der Waals surface area contributed by atoms with Gasteiger partial charge in [0.05, 0.1) is 25.2 Å². The fourth-order valence-corrected chi connectivity index (χ4v) is 8.37. The lowest BCUT2D eigenvalue weighted by atomic mass is 10.0. The van der Waals surface area contributed by atoms with E-state index in [2.05, 4.69) is 62.5 Å². The summed E-state index contributed by atoms with van der Waals surface area (Å²) in [4.78, 5) is 26.2. The summed E-state index contributed by atoms with van der Waals surface area (Å²) in [7, 11) is 0. The monoisotopic (exact) mass is 872 g/mol. The molecule has 364 valence electrons. The second-order valence-electron chi connectivity index (χ2n) is 18.7. The van der Waals surface area contributed by atoms with Crippen LogP contribution in [0.25, 0.3) is 0 Å². The molecule has 0 rings (SSSR count). The van der Waals surface area contributed by atoms with Gasteiger partial charge in [-0.1, -0.05) is 256 Å². The van der Waals surface area contributed by atoms with Crippen molar-refractivity contribution >= 4 is 11.9 Å². The van der Waals surface area contributed by atoms with Gasteiger partial charge in [-0.3, -0.25) is 9.59 Å². The number of hydrogen-bond donors (Lipinski definition) is 3. The van der Waals surface area contributed by atoms with E-state index in [1.165, 1.54) is 173 Å². The summed E-state index contributed by atoms with van der Waals surface area (Å²) in [6, 6.07) is -0.702. The second kappa shape index (κ2) is 50.1. The van der Waals surface area contributed by atoms with Gasteiger partial charge in [-0.15, -0.1) is 0 Å². The van der Waals surface area contributed by atoms with Crippen LogP contribution in [0, 0.1) is 0 Å². The van der Waals surface area contributed by atoms with Crippen LogP contribution < -0.4 is 5.32 Å². The van der Waals surface area contributed by atoms with E-state index in [-0.39, 0.29) is 24.9 Å². The van der Waals surface area contributed by atoms with Crippen LogP contribution >= 0.6 is 0 Å². The maximum Gasteiger partial charge on any atom is 0.306 e. The van der Waals surface area contributed by atoms with Gasteiger partial charge in [0.15, 0.2) is 0 Å². The number of nitrogens with one attached hydrogen (secondary N) is 1. The summed E-state index contributed by atoms with van der Waals surface area (Å²) >= 11 is 0. The van der Waals surface area contributed by atoms with Gasteiger partial charge >= 0.3 is 5.97 Å². The standard InChI is InChI=1S/C56H105NO5/c1-4-7-10-13-16-19-22-25-26-27-28-29-31-34-37-40-43-46-49-56(61)62-52(47-44-41-38-35-32-24-21-18-15-12-9-6-3)50-55(60)57-53(51-58)54(59)48-45-42-39-36-33-30-23-20-17-14-11-8-5-2/h22,25-29,52-54,58-59H,4-21,23-24,30-51H2,1-3H3,(H,57,60)/b25-22+,27-26+,29-28+. The quantitative estimate of drug-likeness (QED) is 0.0321. The summed E-state index contributed by atoms with van der Waals surface area (Å²) in [6.07, 6.45) is 59.1. The molecule has 3 N–H and O–H groups in total. The minimum atomic E-state index is -0.788. The number of allylic oxidation sites excluding steroid dienone is 6. The predicted octanol–water partition coefficient (Wildman–Crippen LogP) is 16.5. The van der Waals surface area contributed by atoms with E-state index >= 15 is 0 Å². The van der Waals surface area contributed by atoms with E-state index in [4.69, 9.17) is 4.74 Å². The van der Waals surface area contributed by atoms with Gasteiger partial charge in [-0.25, -0.2) is 0 Å². The number of esters is 1. The van der Waals surface area contributed by atoms with Crippen molar-refractivity contribution in [2.75, 3.05) is 6.61 Å². The third kappa shape index (κ3) is 44.7. The van der Waals surface area contributed by atoms with Gasteiger partial charge in [0, 0.05) is 6.42 Å². The molecule has 6 heteroatoms. The van der Waals surface area contributed by atoms with Crippen LogP contribution in [0.4, 0.5) is 0 Å². The normalized spacial score (nSPS) is 13.4. The zero-order valence-corrected chi connectivity index (χ0v) is 41.5. The molecule has 6 nitrogen and oxygen atoms in total. The fourth-order valence-electron chi connectivity index (χ4n) is 8.37. The van der Waals surface area contributed by atoms with Gasteiger partial charge in [-0.2, -0.15) is 0 Å². The molecule has 0 heterocycles. The molecule has 0 spiro atoms. The minimum absolute atomic E-state index is 0.0733. The Labute approximate surface area is 385 Å². The average molecular weight is 872 g/mol. The Balaban J connectivity index is 4.55. The highest BCUT2D eigenvalue weighted by atomic mass is 16.5. The largest absolute Gasteiger partial charge is 0.462 e. The predicted molar refractivity (Wildman–Crippen MR) is 269 cm³/mol. The summed E-state index contributed by atoms with van der Waals surface area (Å²) in [5.74, 6) is -0.484. The minimum Gasteiger partial charge on any atom is -0.462 e. The number of carbonyl (C=O) groups excluding carboxylic acids is 2. The lowest BCUT2D eigenvalue weighted by Crippen LogP contribution is -2.46. The van der Waals surface area contributed by atoms with E-state index < -0.39 is 18.2 Å². The molecule has 0 aliphatic carbocycles. The molecule has 1 amide bonds. The van der Waals surface area contributed by atoms with Crippen LogP contribution in [-0.2, 0) is 14.3 Å². The van der Waals surface area contributed by atoms with E-state index in [1.807, 2.05) is 0 Å². The second-order valence-corrected chi connectivity index (χ2v) is 18.7. The summed E-state index contributed by atoms with van der Waals surface area (Å²) in [5.41, 5.74) is 0. The van der Waals surface area contributed by atoms with E-state index in [9.17, 15) is 19.8 Å². The zero-order chi connectivity index (χ0) is 45.2. The molecule has 0 aromatic rings. The maximum atomic E-state index is 13.2. The van der Waals surface area contributed by atoms with Gasteiger partial charge in [0.1, 0.15) is 6.10 Å². The van der Waals surface area contributed by atoms with Crippen molar-refractivity contribution in [3.05, 3.63) is 36.5 Å². The third-order valence-electron chi connectivity index (χ3n) is 12.5. The Hall–Kier alpha value is -1.92. The number of hydrogen-bond acceptors (Lipinski definition) is 5. The number of ether oxygens (including phenoxy) is 1. The smallest absolute Gasteiger partial charge is 0.306 e. The summed E-state index contributed by atoms with van der Waals surface area (Å²) in [5, 5.41) is 23.8. The highest BCUT2D eigenvalue weighted by Crippen LogP contribution is 2.18. The summed E-state index contributed by atoms with van der Waals surface area (Å²) < 4.78 is 5.94. The molecule has 0 saturated carbocycles. The van der Waals surface area contributed by atoms with Crippen molar-refractivity contribution in [1.82, 2.24) is 5.32 Å². The maximum absolute atomic E-state index is 13.2. The average Bonchev–Trinajstić information content (AvgIpc) is 3.26. The Morgan fingerprint density at radius 1 is 0.468 bits per heavy atom. The third-order valence-corrected chi connectivity index (χ3v) is 12.5. The number of amides is 1. The number of carbonyl (C=O) groups is 2. The molecule has 0 saturated heterocycles. The van der Waals surface area contributed by atoms with Gasteiger partial charge < -0.3 is 20.3 Å². The molecular weight excluding hydrogens is 767 g/mol. The van der Waals surface area contributed by atoms with E-state index in [0.29, 0.717) is 19.3 Å². The van der Waals surface area contributed by atoms with Crippen LogP contribution in [0.15, 0.2) is 36.5 Å². The molecule has 0 aliphatic heterocycles. The highest BCUT2D eigenvalue weighted by Gasteiger charge is 2.24. The first-order chi connectivity index (χ1) is 30.5. The number of unbranched alkanes of at least 4 members (excludes halogenated alkanes) is 33. The molecule has 62 heavy (non-hydrogen) atoms. The Morgan fingerprint density at radius 3 is 1.23 bits per heavy atom. The van der Waals surface area contributed by atoms with Crippen molar-refractivity contribution in [3.8, 4) is 0 Å². The molecule has 0 aromatic heterocycles. The lowest BCUT2D eigenvalue weighted by molar-refractivity contribution is -0.151. The molecule has 3 unspecified atom stereocenters. The molecule has 0 aromatic carbocycles. The number of aliphatic hydroxyl groups excluding tert-OH is 2. The summed E-state index contributed by atoms with van der Waals surface area (Å²) in [6.45, 7) is 6.48. The number of rotatable bonds is 49. The van der Waals surface area contributed by atoms with Crippen molar-refractivity contribution in [1.29, 1.82) is 0 Å². The first kappa shape index (κ1) is 60.1. The Bertz CT molecular complexity index is 1020. The molecular formula is C56H105NO5. The molecule has 0 bridgehead atoms. The van der Waals surface area contributed by atoms with Crippen molar-refractivity contribution < 1.29 is 24.5 Å². The first-order valence-electron chi connectivity index (χ1n) is 27.2. The molecule has 0 fully saturated rings. The van der Waals surface area contributed by atoms with Crippen molar-refractivity contribution in [2.45, 2.75) is 302 Å². The van der Waals surface area contributed by atoms with Crippen LogP contribution in [0.1, 0.15) is 284 Å². The van der Waals surface area contributed by atoms with Gasteiger partial charge in [0.2, 0.25) is 5.91 Å². The van der Waals surface area contributed by atoms with Crippen molar-refractivity contribution in [3.63, 3.8) is 0 Å².